The lowest BCUT2D eigenvalue weighted by atomic mass is 10.2. The molecule has 0 spiro atoms. The average Bonchev–Trinajstić information content (AvgIpc) is 2.83. The zero-order valence-corrected chi connectivity index (χ0v) is 8.74. The van der Waals surface area contributed by atoms with Gasteiger partial charge >= 0.3 is 0 Å². The van der Waals surface area contributed by atoms with Gasteiger partial charge < -0.3 is 14.7 Å². The number of hydrogen-bond donors (Lipinski definition) is 1. The number of fused-ring (bicyclic) bond motifs is 1. The van der Waals surface area contributed by atoms with Gasteiger partial charge in [-0.05, 0) is 0 Å². The molecular weight excluding hydrogens is 206 g/mol. The quantitative estimate of drug-likeness (QED) is 0.755. The summed E-state index contributed by atoms with van der Waals surface area (Å²) >= 11 is 0. The molecule has 4 heteroatoms. The maximum absolute atomic E-state index is 11.8. The number of aliphatic hydroxyl groups excluding tert-OH is 1. The van der Waals surface area contributed by atoms with Gasteiger partial charge in [-0.25, -0.2) is 0 Å². The molecule has 0 unspecified atom stereocenters. The van der Waals surface area contributed by atoms with Crippen LogP contribution in [-0.2, 0) is 9.53 Å². The smallest absolute Gasteiger partial charge is 0.254 e. The number of rotatable bonds is 1. The van der Waals surface area contributed by atoms with Crippen molar-refractivity contribution in [3.63, 3.8) is 0 Å². The largest absolute Gasteiger partial charge is 0.383 e. The van der Waals surface area contributed by atoms with Crippen LogP contribution in [0.5, 0.6) is 0 Å². The van der Waals surface area contributed by atoms with Crippen molar-refractivity contribution >= 4 is 5.91 Å². The fourth-order valence-electron chi connectivity index (χ4n) is 2.44. The molecule has 2 heterocycles. The van der Waals surface area contributed by atoms with Gasteiger partial charge in [-0.1, -0.05) is 30.3 Å². The van der Waals surface area contributed by atoms with Gasteiger partial charge in [0.2, 0.25) is 0 Å². The summed E-state index contributed by atoms with van der Waals surface area (Å²) in [6.45, 7) is 0.516. The highest BCUT2D eigenvalue weighted by Gasteiger charge is 2.47. The van der Waals surface area contributed by atoms with Crippen LogP contribution in [0, 0.1) is 0 Å². The van der Waals surface area contributed by atoms with Crippen molar-refractivity contribution < 1.29 is 14.6 Å². The fourth-order valence-corrected chi connectivity index (χ4v) is 2.44. The van der Waals surface area contributed by atoms with Crippen LogP contribution in [0.4, 0.5) is 0 Å². The highest BCUT2D eigenvalue weighted by Crippen LogP contribution is 2.37. The van der Waals surface area contributed by atoms with E-state index in [0.717, 1.165) is 5.56 Å². The number of carbonyl (C=O) groups is 1. The molecule has 0 saturated carbocycles. The maximum atomic E-state index is 11.8. The lowest BCUT2D eigenvalue weighted by Crippen LogP contribution is -2.33. The minimum Gasteiger partial charge on any atom is -0.383 e. The normalized spacial score (nSPS) is 33.2. The van der Waals surface area contributed by atoms with Crippen molar-refractivity contribution in [2.75, 3.05) is 6.61 Å². The van der Waals surface area contributed by atoms with E-state index in [4.69, 9.17) is 4.74 Å². The third kappa shape index (κ3) is 1.34. The van der Waals surface area contributed by atoms with Crippen molar-refractivity contribution in [2.45, 2.75) is 24.8 Å². The van der Waals surface area contributed by atoms with E-state index in [1.165, 1.54) is 0 Å². The van der Waals surface area contributed by atoms with Gasteiger partial charge in [0, 0.05) is 12.0 Å². The second-order valence-corrected chi connectivity index (χ2v) is 4.25. The minimum atomic E-state index is -0.847. The van der Waals surface area contributed by atoms with Crippen LogP contribution in [0.1, 0.15) is 18.2 Å². The Kier molecular flexibility index (Phi) is 2.19. The van der Waals surface area contributed by atoms with Gasteiger partial charge in [0.25, 0.3) is 5.91 Å². The van der Waals surface area contributed by atoms with E-state index in [9.17, 15) is 9.90 Å². The number of amides is 1. The van der Waals surface area contributed by atoms with Crippen molar-refractivity contribution in [2.24, 2.45) is 0 Å². The van der Waals surface area contributed by atoms with Crippen LogP contribution < -0.4 is 0 Å². The Hall–Kier alpha value is -1.39. The zero-order valence-electron chi connectivity index (χ0n) is 8.74. The van der Waals surface area contributed by atoms with Crippen LogP contribution >= 0.6 is 0 Å². The van der Waals surface area contributed by atoms with Crippen molar-refractivity contribution in [3.05, 3.63) is 35.9 Å². The Morgan fingerprint density at radius 3 is 2.81 bits per heavy atom. The van der Waals surface area contributed by atoms with Gasteiger partial charge in [0.1, 0.15) is 6.10 Å². The van der Waals surface area contributed by atoms with E-state index in [0.29, 0.717) is 13.0 Å². The Balaban J connectivity index is 1.91. The second-order valence-electron chi connectivity index (χ2n) is 4.25. The van der Waals surface area contributed by atoms with Crippen LogP contribution in [0.15, 0.2) is 30.3 Å². The highest BCUT2D eigenvalue weighted by atomic mass is 16.5. The lowest BCUT2D eigenvalue weighted by Gasteiger charge is -2.22. The second kappa shape index (κ2) is 3.57. The number of carbonyl (C=O) groups excluding carboxylic acids is 1. The molecule has 84 valence electrons. The molecule has 1 amide bonds. The Morgan fingerprint density at radius 1 is 1.31 bits per heavy atom. The fraction of sp³-hybridized carbons (Fsp3) is 0.417. The average molecular weight is 219 g/mol. The Morgan fingerprint density at radius 2 is 2.06 bits per heavy atom. The molecule has 1 aromatic rings. The van der Waals surface area contributed by atoms with Gasteiger partial charge in [-0.2, -0.15) is 0 Å². The molecule has 16 heavy (non-hydrogen) atoms. The summed E-state index contributed by atoms with van der Waals surface area (Å²) in [7, 11) is 0. The third-order valence-electron chi connectivity index (χ3n) is 3.21. The van der Waals surface area contributed by atoms with Crippen LogP contribution in [-0.4, -0.2) is 34.7 Å². The number of benzene rings is 1. The van der Waals surface area contributed by atoms with E-state index in [1.54, 1.807) is 4.90 Å². The van der Waals surface area contributed by atoms with Gasteiger partial charge in [-0.3, -0.25) is 4.79 Å². The van der Waals surface area contributed by atoms with Crippen LogP contribution in [0.3, 0.4) is 0 Å². The monoisotopic (exact) mass is 219 g/mol. The summed E-state index contributed by atoms with van der Waals surface area (Å²) in [5.41, 5.74) is 0.965. The molecule has 0 aliphatic carbocycles. The zero-order chi connectivity index (χ0) is 11.1. The Bertz CT molecular complexity index is 406. The molecule has 0 bridgehead atoms. The molecule has 3 rings (SSSR count). The minimum absolute atomic E-state index is 0.0349. The topological polar surface area (TPSA) is 49.8 Å². The van der Waals surface area contributed by atoms with E-state index < -0.39 is 6.10 Å². The molecule has 2 saturated heterocycles. The molecule has 1 aromatic carbocycles. The maximum Gasteiger partial charge on any atom is 0.254 e. The van der Waals surface area contributed by atoms with Crippen molar-refractivity contribution in [1.29, 1.82) is 0 Å². The molecule has 2 fully saturated rings. The highest BCUT2D eigenvalue weighted by molar-refractivity contribution is 5.84. The number of hydrogen-bond acceptors (Lipinski definition) is 3. The van der Waals surface area contributed by atoms with E-state index >= 15 is 0 Å². The van der Waals surface area contributed by atoms with Gasteiger partial charge in [0.15, 0.2) is 6.23 Å². The first-order chi connectivity index (χ1) is 7.77. The van der Waals surface area contributed by atoms with Crippen molar-refractivity contribution in [1.82, 2.24) is 4.90 Å². The first kappa shape index (κ1) is 9.81. The molecule has 4 nitrogen and oxygen atoms in total. The third-order valence-corrected chi connectivity index (χ3v) is 3.21. The Labute approximate surface area is 93.4 Å². The van der Waals surface area contributed by atoms with Gasteiger partial charge in [-0.15, -0.1) is 0 Å². The summed E-state index contributed by atoms with van der Waals surface area (Å²) in [6.07, 6.45) is -0.682. The lowest BCUT2D eigenvalue weighted by molar-refractivity contribution is -0.140. The molecular formula is C12H13NO3. The molecule has 0 aromatic heterocycles. The first-order valence-electron chi connectivity index (χ1n) is 5.44. The van der Waals surface area contributed by atoms with E-state index in [-0.39, 0.29) is 18.2 Å². The van der Waals surface area contributed by atoms with Gasteiger partial charge in [0.05, 0.1) is 12.6 Å². The summed E-state index contributed by atoms with van der Waals surface area (Å²) in [5.74, 6) is -0.212. The van der Waals surface area contributed by atoms with Crippen LogP contribution in [0.25, 0.3) is 0 Å². The predicted molar refractivity (Wildman–Crippen MR) is 56.4 cm³/mol. The molecule has 0 radical (unpaired) electrons. The standard InChI is InChI=1S/C12H13NO3/c14-10-6-9-7-16-12(13(9)11(10)15)8-4-2-1-3-5-8/h1-5,9-10,12,14H,6-7H2/t9-,10+,12+/m0/s1. The number of aliphatic hydroxyl groups is 1. The summed E-state index contributed by atoms with van der Waals surface area (Å²) in [4.78, 5) is 13.4. The summed E-state index contributed by atoms with van der Waals surface area (Å²) < 4.78 is 5.62. The van der Waals surface area contributed by atoms with Crippen molar-refractivity contribution in [3.8, 4) is 0 Å². The van der Waals surface area contributed by atoms with E-state index in [2.05, 4.69) is 0 Å². The van der Waals surface area contributed by atoms with E-state index in [1.807, 2.05) is 30.3 Å². The SMILES string of the molecule is O=C1[C@H](O)C[C@H]2CO[C@H](c3ccccc3)N12. The summed E-state index contributed by atoms with van der Waals surface area (Å²) in [6, 6.07) is 9.67. The van der Waals surface area contributed by atoms with Crippen LogP contribution in [0.2, 0.25) is 0 Å². The summed E-state index contributed by atoms with van der Waals surface area (Å²) in [5, 5.41) is 9.52. The first-order valence-corrected chi connectivity index (χ1v) is 5.44. The number of nitrogens with zero attached hydrogens (tertiary/aromatic N) is 1. The molecule has 3 atom stereocenters. The molecule has 2 aliphatic rings. The molecule has 1 N–H and O–H groups in total. The number of ether oxygens (including phenoxy) is 1. The predicted octanol–water partition coefficient (Wildman–Crippen LogP) is 0.677. The molecule has 2 aliphatic heterocycles.